The van der Waals surface area contributed by atoms with Gasteiger partial charge in [0.15, 0.2) is 0 Å². The van der Waals surface area contributed by atoms with Gasteiger partial charge in [0.2, 0.25) is 0 Å². The summed E-state index contributed by atoms with van der Waals surface area (Å²) in [4.78, 5) is 0. The molecule has 2 N–H and O–H groups in total. The van der Waals surface area contributed by atoms with Crippen LogP contribution in [0.1, 0.15) is 63.6 Å². The number of hydrogen-bond donors (Lipinski definition) is 2. The average molecular weight is 328 g/mol. The van der Waals surface area contributed by atoms with Gasteiger partial charge in [0, 0.05) is 17.5 Å². The van der Waals surface area contributed by atoms with Crippen LogP contribution in [0, 0.1) is 29.6 Å². The lowest BCUT2D eigenvalue weighted by Gasteiger charge is -2.57. The number of phenols is 1. The molecule has 0 aromatic heterocycles. The molecule has 1 aromatic carbocycles. The number of fused-ring (bicyclic) bond motifs is 5. The molecular formula is C22H33NO. The number of benzene rings is 1. The van der Waals surface area contributed by atoms with Crippen LogP contribution < -0.4 is 5.32 Å². The summed E-state index contributed by atoms with van der Waals surface area (Å²) in [6.45, 7) is 14.3. The lowest BCUT2D eigenvalue weighted by Crippen LogP contribution is -2.53. The van der Waals surface area contributed by atoms with Crippen LogP contribution in [0.25, 0.3) is 0 Å². The Kier molecular flexibility index (Phi) is 3.43. The first kappa shape index (κ1) is 16.4. The molecule has 0 unspecified atom stereocenters. The molecule has 2 heteroatoms. The fourth-order valence-corrected chi connectivity index (χ4v) is 7.08. The molecular weight excluding hydrogens is 294 g/mol. The summed E-state index contributed by atoms with van der Waals surface area (Å²) in [6, 6.07) is 4.30. The number of hydrogen-bond acceptors (Lipinski definition) is 2. The molecule has 4 rings (SSSR count). The molecule has 1 saturated carbocycles. The van der Waals surface area contributed by atoms with E-state index in [1.54, 1.807) is 0 Å². The van der Waals surface area contributed by atoms with E-state index in [9.17, 15) is 5.11 Å². The summed E-state index contributed by atoms with van der Waals surface area (Å²) in [5, 5.41) is 14.4. The highest BCUT2D eigenvalue weighted by Gasteiger charge is 2.60. The maximum atomic E-state index is 10.7. The molecule has 1 aromatic rings. The molecule has 0 amide bonds. The average Bonchev–Trinajstić information content (AvgIpc) is 2.71. The standard InChI is InChI=1S/C22H33NO/c1-14-10-15-12-18-21(4)8-9-23-13-20(2,3)17(21)6-7-22(18,5)19(15)16(24)11-14/h10-11,17-18,23-24H,6-9,12-13H2,1-5H3/t17-,18+,21-,22+/m1/s1. The topological polar surface area (TPSA) is 32.3 Å². The van der Waals surface area contributed by atoms with Crippen molar-refractivity contribution < 1.29 is 5.11 Å². The van der Waals surface area contributed by atoms with Crippen molar-refractivity contribution in [3.8, 4) is 5.75 Å². The van der Waals surface area contributed by atoms with Crippen LogP contribution in [0.15, 0.2) is 12.1 Å². The predicted octanol–water partition coefficient (Wildman–Crippen LogP) is 4.57. The van der Waals surface area contributed by atoms with Crippen molar-refractivity contribution in [1.82, 2.24) is 5.32 Å². The van der Waals surface area contributed by atoms with Crippen LogP contribution >= 0.6 is 0 Å². The van der Waals surface area contributed by atoms with E-state index < -0.39 is 0 Å². The Morgan fingerprint density at radius 3 is 2.58 bits per heavy atom. The van der Waals surface area contributed by atoms with E-state index in [2.05, 4.69) is 46.0 Å². The van der Waals surface area contributed by atoms with Crippen LogP contribution in [-0.2, 0) is 11.8 Å². The Hall–Kier alpha value is -1.02. The van der Waals surface area contributed by atoms with E-state index in [-0.39, 0.29) is 5.41 Å². The van der Waals surface area contributed by atoms with Crippen molar-refractivity contribution in [1.29, 1.82) is 0 Å². The SMILES string of the molecule is Cc1cc(O)c2c(c1)C[C@H]1[C@]3(C)CCNCC(C)(C)[C@H]3CC[C@]21C. The molecule has 132 valence electrons. The monoisotopic (exact) mass is 327 g/mol. The van der Waals surface area contributed by atoms with Gasteiger partial charge in [-0.25, -0.2) is 0 Å². The summed E-state index contributed by atoms with van der Waals surface area (Å²) in [5.41, 5.74) is 4.71. The van der Waals surface area contributed by atoms with Gasteiger partial charge in [-0.15, -0.1) is 0 Å². The Bertz CT molecular complexity index is 679. The van der Waals surface area contributed by atoms with Crippen molar-refractivity contribution in [2.24, 2.45) is 22.7 Å². The second kappa shape index (κ2) is 5.00. The Labute approximate surface area is 147 Å². The predicted molar refractivity (Wildman–Crippen MR) is 99.5 cm³/mol. The van der Waals surface area contributed by atoms with Gasteiger partial charge in [-0.1, -0.05) is 33.8 Å². The molecule has 3 aliphatic rings. The van der Waals surface area contributed by atoms with E-state index >= 15 is 0 Å². The third-order valence-corrected chi connectivity index (χ3v) is 8.02. The van der Waals surface area contributed by atoms with Gasteiger partial charge in [-0.3, -0.25) is 0 Å². The fourth-order valence-electron chi connectivity index (χ4n) is 7.08. The van der Waals surface area contributed by atoms with Crippen molar-refractivity contribution >= 4 is 0 Å². The number of phenolic OH excluding ortho intramolecular Hbond substituents is 1. The maximum absolute atomic E-state index is 10.7. The van der Waals surface area contributed by atoms with Gasteiger partial charge in [0.05, 0.1) is 0 Å². The zero-order chi connectivity index (χ0) is 17.3. The lowest BCUT2D eigenvalue weighted by atomic mass is 9.47. The fraction of sp³-hybridized carbons (Fsp3) is 0.727. The van der Waals surface area contributed by atoms with E-state index in [1.165, 1.54) is 36.0 Å². The van der Waals surface area contributed by atoms with Crippen LogP contribution in [0.4, 0.5) is 0 Å². The number of aryl methyl sites for hydroxylation is 1. The summed E-state index contributed by atoms with van der Waals surface area (Å²) in [6.07, 6.45) is 4.90. The smallest absolute Gasteiger partial charge is 0.119 e. The number of rotatable bonds is 0. The summed E-state index contributed by atoms with van der Waals surface area (Å²) < 4.78 is 0. The van der Waals surface area contributed by atoms with E-state index in [0.717, 1.165) is 25.4 Å². The highest BCUT2D eigenvalue weighted by molar-refractivity contribution is 5.52. The van der Waals surface area contributed by atoms with Crippen LogP contribution in [0.3, 0.4) is 0 Å². The zero-order valence-corrected chi connectivity index (χ0v) is 16.0. The van der Waals surface area contributed by atoms with E-state index in [1.807, 2.05) is 6.07 Å². The molecule has 0 radical (unpaired) electrons. The lowest BCUT2D eigenvalue weighted by molar-refractivity contribution is -0.0569. The van der Waals surface area contributed by atoms with Crippen LogP contribution in [-0.4, -0.2) is 18.2 Å². The maximum Gasteiger partial charge on any atom is 0.119 e. The van der Waals surface area contributed by atoms with Crippen molar-refractivity contribution in [3.63, 3.8) is 0 Å². The molecule has 0 bridgehead atoms. The quantitative estimate of drug-likeness (QED) is 0.732. The molecule has 1 heterocycles. The van der Waals surface area contributed by atoms with Crippen molar-refractivity contribution in [2.75, 3.05) is 13.1 Å². The van der Waals surface area contributed by atoms with Gasteiger partial charge in [-0.2, -0.15) is 0 Å². The van der Waals surface area contributed by atoms with Gasteiger partial charge in [-0.05, 0) is 79.0 Å². The number of aromatic hydroxyl groups is 1. The minimum atomic E-state index is 0.138. The van der Waals surface area contributed by atoms with Crippen molar-refractivity contribution in [3.05, 3.63) is 28.8 Å². The van der Waals surface area contributed by atoms with E-state index in [0.29, 0.717) is 22.5 Å². The Morgan fingerprint density at radius 1 is 1.08 bits per heavy atom. The molecule has 2 nitrogen and oxygen atoms in total. The van der Waals surface area contributed by atoms with Crippen LogP contribution in [0.2, 0.25) is 0 Å². The van der Waals surface area contributed by atoms with Gasteiger partial charge >= 0.3 is 0 Å². The molecule has 0 spiro atoms. The minimum absolute atomic E-state index is 0.138. The summed E-state index contributed by atoms with van der Waals surface area (Å²) in [5.74, 6) is 1.95. The first-order valence-corrected chi connectivity index (χ1v) is 9.72. The largest absolute Gasteiger partial charge is 0.508 e. The second-order valence-electron chi connectivity index (χ2n) is 10.0. The zero-order valence-electron chi connectivity index (χ0n) is 16.0. The molecule has 24 heavy (non-hydrogen) atoms. The molecule has 2 aliphatic carbocycles. The first-order chi connectivity index (χ1) is 11.2. The first-order valence-electron chi connectivity index (χ1n) is 9.72. The summed E-state index contributed by atoms with van der Waals surface area (Å²) in [7, 11) is 0. The van der Waals surface area contributed by atoms with Crippen LogP contribution in [0.5, 0.6) is 5.75 Å². The normalized spacial score (nSPS) is 40.4. The molecule has 1 saturated heterocycles. The van der Waals surface area contributed by atoms with Crippen molar-refractivity contribution in [2.45, 2.75) is 65.7 Å². The van der Waals surface area contributed by atoms with Gasteiger partial charge in [0.1, 0.15) is 5.75 Å². The molecule has 4 atom stereocenters. The minimum Gasteiger partial charge on any atom is -0.508 e. The van der Waals surface area contributed by atoms with Gasteiger partial charge < -0.3 is 10.4 Å². The molecule has 2 fully saturated rings. The third kappa shape index (κ3) is 2.05. The highest BCUT2D eigenvalue weighted by atomic mass is 16.3. The highest BCUT2D eigenvalue weighted by Crippen LogP contribution is 2.66. The molecule has 1 aliphatic heterocycles. The number of nitrogens with one attached hydrogen (secondary N) is 1. The van der Waals surface area contributed by atoms with Gasteiger partial charge in [0.25, 0.3) is 0 Å². The Balaban J connectivity index is 1.84. The van der Waals surface area contributed by atoms with E-state index in [4.69, 9.17) is 0 Å². The third-order valence-electron chi connectivity index (χ3n) is 8.02. The second-order valence-corrected chi connectivity index (χ2v) is 10.0. The Morgan fingerprint density at radius 2 is 1.83 bits per heavy atom. The summed E-state index contributed by atoms with van der Waals surface area (Å²) >= 11 is 0.